The Hall–Kier alpha value is -1.90. The van der Waals surface area contributed by atoms with Gasteiger partial charge in [0, 0.05) is 31.2 Å². The van der Waals surface area contributed by atoms with E-state index in [-0.39, 0.29) is 17.9 Å². The third-order valence-electron chi connectivity index (χ3n) is 5.43. The Morgan fingerprint density at radius 3 is 2.48 bits per heavy atom. The van der Waals surface area contributed by atoms with E-state index < -0.39 is 10.0 Å². The summed E-state index contributed by atoms with van der Waals surface area (Å²) in [6, 6.07) is 7.31. The topological polar surface area (TPSA) is 75.5 Å². The zero-order valence-corrected chi connectivity index (χ0v) is 18.7. The fourth-order valence-electron chi connectivity index (χ4n) is 3.77. The van der Waals surface area contributed by atoms with Crippen LogP contribution in [0.25, 0.3) is 5.69 Å². The summed E-state index contributed by atoms with van der Waals surface area (Å²) in [6.45, 7) is 5.09. The minimum absolute atomic E-state index is 0.0672. The number of nitrogens with zero attached hydrogens (tertiary/aromatic N) is 4. The molecule has 0 radical (unpaired) electrons. The zero-order chi connectivity index (χ0) is 21.3. The molecule has 0 unspecified atom stereocenters. The fourth-order valence-corrected chi connectivity index (χ4v) is 4.70. The molecule has 0 bridgehead atoms. The molecule has 9 heteroatoms. The second kappa shape index (κ2) is 8.45. The zero-order valence-electron chi connectivity index (χ0n) is 17.2. The molecular weight excluding hydrogens is 412 g/mol. The molecule has 1 aromatic heterocycles. The Morgan fingerprint density at radius 2 is 1.93 bits per heavy atom. The van der Waals surface area contributed by atoms with Crippen LogP contribution in [0.2, 0.25) is 5.02 Å². The lowest BCUT2D eigenvalue weighted by molar-refractivity contribution is 0.0684. The summed E-state index contributed by atoms with van der Waals surface area (Å²) in [5, 5.41) is 5.07. The number of carbonyl (C=O) groups is 1. The van der Waals surface area contributed by atoms with Crippen LogP contribution in [0.5, 0.6) is 0 Å². The van der Waals surface area contributed by atoms with E-state index in [4.69, 9.17) is 11.6 Å². The summed E-state index contributed by atoms with van der Waals surface area (Å²) in [7, 11) is -1.63. The van der Waals surface area contributed by atoms with Gasteiger partial charge in [0.1, 0.15) is 0 Å². The first-order valence-electron chi connectivity index (χ1n) is 9.65. The smallest absolute Gasteiger partial charge is 0.257 e. The number of carbonyl (C=O) groups excluding carboxylic acids is 1. The van der Waals surface area contributed by atoms with E-state index in [2.05, 4.69) is 5.10 Å². The van der Waals surface area contributed by atoms with Crippen LogP contribution in [-0.2, 0) is 10.0 Å². The summed E-state index contributed by atoms with van der Waals surface area (Å²) in [6.07, 6.45) is 4.07. The van der Waals surface area contributed by atoms with Crippen molar-refractivity contribution < 1.29 is 13.2 Å². The van der Waals surface area contributed by atoms with Gasteiger partial charge in [-0.2, -0.15) is 5.10 Å². The van der Waals surface area contributed by atoms with Crippen LogP contribution in [0.3, 0.4) is 0 Å². The monoisotopic (exact) mass is 438 g/mol. The third-order valence-corrected chi connectivity index (χ3v) is 7.01. The first-order valence-corrected chi connectivity index (χ1v) is 11.9. The second-order valence-electron chi connectivity index (χ2n) is 7.79. The molecule has 0 atom stereocenters. The van der Waals surface area contributed by atoms with E-state index in [9.17, 15) is 13.2 Å². The van der Waals surface area contributed by atoms with Crippen molar-refractivity contribution in [3.05, 3.63) is 46.7 Å². The number of likely N-dealkylation sites (tertiary alicyclic amines) is 1. The first-order chi connectivity index (χ1) is 13.6. The third kappa shape index (κ3) is 4.65. The van der Waals surface area contributed by atoms with Crippen molar-refractivity contribution in [2.45, 2.75) is 38.6 Å². The lowest BCUT2D eigenvalue weighted by Crippen LogP contribution is -2.47. The highest BCUT2D eigenvalue weighted by atomic mass is 35.5. The predicted octanol–water partition coefficient (Wildman–Crippen LogP) is 3.15. The van der Waals surface area contributed by atoms with Gasteiger partial charge in [0.2, 0.25) is 10.0 Å². The van der Waals surface area contributed by atoms with Gasteiger partial charge in [-0.3, -0.25) is 4.79 Å². The van der Waals surface area contributed by atoms with Crippen LogP contribution in [0.4, 0.5) is 0 Å². The van der Waals surface area contributed by atoms with Crippen LogP contribution in [0, 0.1) is 0 Å². The maximum Gasteiger partial charge on any atom is 0.257 e. The van der Waals surface area contributed by atoms with Gasteiger partial charge in [0.05, 0.1) is 29.4 Å². The number of aromatic nitrogens is 2. The summed E-state index contributed by atoms with van der Waals surface area (Å²) in [5.74, 6) is 0.0202. The van der Waals surface area contributed by atoms with Crippen LogP contribution in [0.15, 0.2) is 30.5 Å². The van der Waals surface area contributed by atoms with Gasteiger partial charge in [-0.1, -0.05) is 31.5 Å². The molecule has 1 saturated heterocycles. The Bertz CT molecular complexity index is 995. The highest BCUT2D eigenvalue weighted by Gasteiger charge is 2.31. The molecule has 1 aliphatic heterocycles. The molecule has 0 spiro atoms. The fraction of sp³-hybridized carbons (Fsp3) is 0.500. The molecule has 7 nitrogen and oxygen atoms in total. The lowest BCUT2D eigenvalue weighted by Gasteiger charge is -2.35. The van der Waals surface area contributed by atoms with E-state index >= 15 is 0 Å². The Morgan fingerprint density at radius 1 is 1.28 bits per heavy atom. The molecule has 1 amide bonds. The number of piperidine rings is 1. The minimum Gasteiger partial charge on any atom is -0.338 e. The molecule has 158 valence electrons. The molecule has 1 aromatic carbocycles. The maximum atomic E-state index is 13.2. The average molecular weight is 439 g/mol. The van der Waals surface area contributed by atoms with E-state index in [0.717, 1.165) is 11.4 Å². The van der Waals surface area contributed by atoms with Crippen LogP contribution in [-0.4, -0.2) is 65.7 Å². The lowest BCUT2D eigenvalue weighted by atomic mass is 10.0. The van der Waals surface area contributed by atoms with Crippen molar-refractivity contribution in [3.63, 3.8) is 0 Å². The van der Waals surface area contributed by atoms with Crippen molar-refractivity contribution in [3.8, 4) is 5.69 Å². The van der Waals surface area contributed by atoms with Crippen LogP contribution in [0.1, 0.15) is 48.7 Å². The highest BCUT2D eigenvalue weighted by Crippen LogP contribution is 2.27. The molecule has 1 aliphatic rings. The Labute approximate surface area is 177 Å². The Kier molecular flexibility index (Phi) is 6.36. The van der Waals surface area contributed by atoms with E-state index in [1.54, 1.807) is 28.9 Å². The summed E-state index contributed by atoms with van der Waals surface area (Å²) < 4.78 is 26.7. The minimum atomic E-state index is -3.24. The van der Waals surface area contributed by atoms with Crippen LogP contribution >= 0.6 is 11.6 Å². The van der Waals surface area contributed by atoms with Crippen molar-refractivity contribution in [2.24, 2.45) is 0 Å². The van der Waals surface area contributed by atoms with Gasteiger partial charge >= 0.3 is 0 Å². The predicted molar refractivity (Wildman–Crippen MR) is 114 cm³/mol. The van der Waals surface area contributed by atoms with Gasteiger partial charge < -0.3 is 4.90 Å². The van der Waals surface area contributed by atoms with Gasteiger partial charge in [-0.05, 0) is 37.0 Å². The number of hydrogen-bond acceptors (Lipinski definition) is 4. The van der Waals surface area contributed by atoms with E-state index in [0.29, 0.717) is 36.5 Å². The van der Waals surface area contributed by atoms with Crippen molar-refractivity contribution >= 4 is 27.5 Å². The highest BCUT2D eigenvalue weighted by molar-refractivity contribution is 7.88. The van der Waals surface area contributed by atoms with Gasteiger partial charge in [-0.15, -0.1) is 0 Å². The quantitative estimate of drug-likeness (QED) is 0.718. The molecule has 0 saturated carbocycles. The van der Waals surface area contributed by atoms with Crippen molar-refractivity contribution in [1.82, 2.24) is 19.0 Å². The molecule has 29 heavy (non-hydrogen) atoms. The largest absolute Gasteiger partial charge is 0.338 e. The molecule has 0 aliphatic carbocycles. The molecule has 3 rings (SSSR count). The van der Waals surface area contributed by atoms with Gasteiger partial charge in [-0.25, -0.2) is 17.4 Å². The van der Waals surface area contributed by atoms with E-state index in [1.807, 2.05) is 32.0 Å². The standard InChI is InChI=1S/C20H27ClN4O3S/c1-14(2)19-18(13-22-25(19)17-7-5-6-15(21)12-17)20(26)24-10-8-16(9-11-24)23(3)29(4,27)28/h5-7,12-14,16H,8-11H2,1-4H3. The van der Waals surface area contributed by atoms with Crippen molar-refractivity contribution in [2.75, 3.05) is 26.4 Å². The molecular formula is C20H27ClN4O3S. The van der Waals surface area contributed by atoms with Crippen molar-refractivity contribution in [1.29, 1.82) is 0 Å². The van der Waals surface area contributed by atoms with E-state index in [1.165, 1.54) is 10.6 Å². The second-order valence-corrected chi connectivity index (χ2v) is 10.3. The number of hydrogen-bond donors (Lipinski definition) is 0. The maximum absolute atomic E-state index is 13.2. The van der Waals surface area contributed by atoms with Crippen LogP contribution < -0.4 is 0 Å². The number of rotatable bonds is 5. The summed E-state index contributed by atoms with van der Waals surface area (Å²) in [5.41, 5.74) is 2.23. The SMILES string of the molecule is CC(C)c1c(C(=O)N2CCC(N(C)S(C)(=O)=O)CC2)cnn1-c1cccc(Cl)c1. The first kappa shape index (κ1) is 21.8. The average Bonchev–Trinajstić information content (AvgIpc) is 3.11. The number of sulfonamides is 1. The molecule has 0 N–H and O–H groups in total. The number of halogens is 1. The number of amides is 1. The molecule has 2 heterocycles. The normalized spacial score (nSPS) is 16.0. The van der Waals surface area contributed by atoms with Gasteiger partial charge in [0.15, 0.2) is 0 Å². The Balaban J connectivity index is 1.82. The molecule has 1 fully saturated rings. The number of benzene rings is 1. The summed E-state index contributed by atoms with van der Waals surface area (Å²) in [4.78, 5) is 15.0. The molecule has 2 aromatic rings. The summed E-state index contributed by atoms with van der Waals surface area (Å²) >= 11 is 6.13. The van der Waals surface area contributed by atoms with Gasteiger partial charge in [0.25, 0.3) is 5.91 Å².